The van der Waals surface area contributed by atoms with Gasteiger partial charge in [0.15, 0.2) is 0 Å². The number of para-hydroxylation sites is 1. The van der Waals surface area contributed by atoms with E-state index in [9.17, 15) is 9.59 Å². The van der Waals surface area contributed by atoms with E-state index in [1.54, 1.807) is 4.90 Å². The molecule has 0 aliphatic carbocycles. The lowest BCUT2D eigenvalue weighted by Crippen LogP contribution is -2.52. The summed E-state index contributed by atoms with van der Waals surface area (Å²) >= 11 is 0. The standard InChI is InChI=1S/C15H19N3O2/c19-14-10-18(15(20)9-17-14)13-7-2-1-5-11(13)12-6-3-4-8-16-12/h1-2,5,7,12,16H,3-4,6,8-10H2,(H,17,19). The summed E-state index contributed by atoms with van der Waals surface area (Å²) in [6.45, 7) is 1.21. The van der Waals surface area contributed by atoms with Crippen LogP contribution >= 0.6 is 0 Å². The van der Waals surface area contributed by atoms with Crippen molar-refractivity contribution in [2.45, 2.75) is 25.3 Å². The average molecular weight is 273 g/mol. The molecule has 2 heterocycles. The zero-order valence-electron chi connectivity index (χ0n) is 11.4. The van der Waals surface area contributed by atoms with Crippen LogP contribution in [0.3, 0.4) is 0 Å². The van der Waals surface area contributed by atoms with E-state index in [1.165, 1.54) is 12.8 Å². The average Bonchev–Trinajstić information content (AvgIpc) is 2.51. The van der Waals surface area contributed by atoms with Gasteiger partial charge in [0.2, 0.25) is 11.8 Å². The summed E-state index contributed by atoms with van der Waals surface area (Å²) in [4.78, 5) is 25.2. The van der Waals surface area contributed by atoms with E-state index in [2.05, 4.69) is 16.7 Å². The topological polar surface area (TPSA) is 61.4 Å². The number of nitrogens with zero attached hydrogens (tertiary/aromatic N) is 1. The molecule has 5 heteroatoms. The molecule has 20 heavy (non-hydrogen) atoms. The number of rotatable bonds is 2. The van der Waals surface area contributed by atoms with Crippen molar-refractivity contribution in [3.8, 4) is 0 Å². The highest BCUT2D eigenvalue weighted by atomic mass is 16.2. The molecular formula is C15H19N3O2. The van der Waals surface area contributed by atoms with Crippen LogP contribution in [0.15, 0.2) is 24.3 Å². The normalized spacial score (nSPS) is 23.6. The number of carbonyl (C=O) groups excluding carboxylic acids is 2. The van der Waals surface area contributed by atoms with E-state index < -0.39 is 0 Å². The van der Waals surface area contributed by atoms with Crippen LogP contribution in [0.2, 0.25) is 0 Å². The molecule has 0 aromatic heterocycles. The second-order valence-corrected chi connectivity index (χ2v) is 5.32. The summed E-state index contributed by atoms with van der Waals surface area (Å²) in [6.07, 6.45) is 3.47. The molecule has 5 nitrogen and oxygen atoms in total. The molecule has 106 valence electrons. The van der Waals surface area contributed by atoms with Gasteiger partial charge < -0.3 is 15.5 Å². The third-order valence-corrected chi connectivity index (χ3v) is 3.95. The summed E-state index contributed by atoms with van der Waals surface area (Å²) in [5.41, 5.74) is 1.99. The molecule has 1 atom stereocenters. The minimum atomic E-state index is -0.101. The maximum Gasteiger partial charge on any atom is 0.246 e. The number of piperazine rings is 1. The largest absolute Gasteiger partial charge is 0.345 e. The summed E-state index contributed by atoms with van der Waals surface area (Å²) in [6, 6.07) is 8.17. The number of hydrogen-bond acceptors (Lipinski definition) is 3. The summed E-state index contributed by atoms with van der Waals surface area (Å²) in [7, 11) is 0. The third-order valence-electron chi connectivity index (χ3n) is 3.95. The Morgan fingerprint density at radius 3 is 2.80 bits per heavy atom. The van der Waals surface area contributed by atoms with Crippen molar-refractivity contribution in [2.75, 3.05) is 24.5 Å². The van der Waals surface area contributed by atoms with Gasteiger partial charge in [-0.15, -0.1) is 0 Å². The minimum absolute atomic E-state index is 0.0483. The molecule has 2 fully saturated rings. The number of nitrogens with one attached hydrogen (secondary N) is 2. The van der Waals surface area contributed by atoms with Gasteiger partial charge in [-0.1, -0.05) is 24.6 Å². The van der Waals surface area contributed by atoms with Crippen LogP contribution in [0.1, 0.15) is 30.9 Å². The van der Waals surface area contributed by atoms with Crippen molar-refractivity contribution in [3.63, 3.8) is 0 Å². The first-order valence-corrected chi connectivity index (χ1v) is 7.15. The molecule has 2 N–H and O–H groups in total. The van der Waals surface area contributed by atoms with Crippen molar-refractivity contribution in [2.24, 2.45) is 0 Å². The highest BCUT2D eigenvalue weighted by molar-refractivity contribution is 6.05. The Hall–Kier alpha value is -1.88. The van der Waals surface area contributed by atoms with E-state index >= 15 is 0 Å². The van der Waals surface area contributed by atoms with E-state index in [-0.39, 0.29) is 30.9 Å². The van der Waals surface area contributed by atoms with E-state index in [0.717, 1.165) is 24.2 Å². The Morgan fingerprint density at radius 1 is 1.15 bits per heavy atom. The van der Waals surface area contributed by atoms with Gasteiger partial charge in [-0.25, -0.2) is 0 Å². The SMILES string of the molecule is O=C1CN(c2ccccc2C2CCCCN2)C(=O)CN1. The molecule has 0 saturated carbocycles. The first kappa shape index (κ1) is 13.1. The van der Waals surface area contributed by atoms with Crippen molar-refractivity contribution < 1.29 is 9.59 Å². The maximum absolute atomic E-state index is 12.1. The number of piperidine rings is 1. The lowest BCUT2D eigenvalue weighted by molar-refractivity contribution is -0.128. The Balaban J connectivity index is 1.92. The van der Waals surface area contributed by atoms with Gasteiger partial charge in [-0.05, 0) is 31.0 Å². The van der Waals surface area contributed by atoms with Crippen LogP contribution in [0.5, 0.6) is 0 Å². The summed E-state index contributed by atoms with van der Waals surface area (Å²) < 4.78 is 0. The first-order chi connectivity index (χ1) is 9.75. The molecule has 0 spiro atoms. The smallest absolute Gasteiger partial charge is 0.246 e. The van der Waals surface area contributed by atoms with Crippen molar-refractivity contribution in [1.82, 2.24) is 10.6 Å². The fraction of sp³-hybridized carbons (Fsp3) is 0.467. The number of carbonyl (C=O) groups is 2. The molecule has 1 unspecified atom stereocenters. The predicted octanol–water partition coefficient (Wildman–Crippen LogP) is 0.964. The van der Waals surface area contributed by atoms with Crippen LogP contribution in [-0.4, -0.2) is 31.4 Å². The van der Waals surface area contributed by atoms with Crippen molar-refractivity contribution in [1.29, 1.82) is 0 Å². The van der Waals surface area contributed by atoms with Crippen LogP contribution in [-0.2, 0) is 9.59 Å². The van der Waals surface area contributed by atoms with Gasteiger partial charge in [-0.2, -0.15) is 0 Å². The Kier molecular flexibility index (Phi) is 3.69. The van der Waals surface area contributed by atoms with Crippen molar-refractivity contribution >= 4 is 17.5 Å². The Labute approximate surface area is 118 Å². The van der Waals surface area contributed by atoms with E-state index in [4.69, 9.17) is 0 Å². The van der Waals surface area contributed by atoms with Crippen LogP contribution in [0.4, 0.5) is 5.69 Å². The monoisotopic (exact) mass is 273 g/mol. The predicted molar refractivity (Wildman–Crippen MR) is 76.4 cm³/mol. The van der Waals surface area contributed by atoms with Gasteiger partial charge in [0.05, 0.1) is 6.54 Å². The number of hydrogen-bond donors (Lipinski definition) is 2. The van der Waals surface area contributed by atoms with Gasteiger partial charge in [-0.3, -0.25) is 9.59 Å². The maximum atomic E-state index is 12.1. The zero-order chi connectivity index (χ0) is 13.9. The molecule has 2 saturated heterocycles. The molecule has 3 rings (SSSR count). The van der Waals surface area contributed by atoms with Gasteiger partial charge in [0, 0.05) is 11.7 Å². The first-order valence-electron chi connectivity index (χ1n) is 7.15. The molecule has 2 aliphatic rings. The Morgan fingerprint density at radius 2 is 2.00 bits per heavy atom. The van der Waals surface area contributed by atoms with E-state index in [1.807, 2.05) is 18.2 Å². The van der Waals surface area contributed by atoms with Crippen LogP contribution in [0.25, 0.3) is 0 Å². The lowest BCUT2D eigenvalue weighted by Gasteiger charge is -2.32. The highest BCUT2D eigenvalue weighted by Gasteiger charge is 2.28. The Bertz CT molecular complexity index is 524. The number of anilines is 1. The zero-order valence-corrected chi connectivity index (χ0v) is 11.4. The van der Waals surface area contributed by atoms with E-state index in [0.29, 0.717) is 0 Å². The second kappa shape index (κ2) is 5.63. The molecule has 0 bridgehead atoms. The summed E-state index contributed by atoms with van der Waals surface area (Å²) in [5, 5.41) is 6.09. The van der Waals surface area contributed by atoms with Crippen LogP contribution in [0, 0.1) is 0 Å². The molecule has 2 aliphatic heterocycles. The lowest BCUT2D eigenvalue weighted by atomic mass is 9.95. The van der Waals surface area contributed by atoms with Crippen LogP contribution < -0.4 is 15.5 Å². The fourth-order valence-corrected chi connectivity index (χ4v) is 2.92. The van der Waals surface area contributed by atoms with Gasteiger partial charge in [0.25, 0.3) is 0 Å². The molecule has 2 amide bonds. The minimum Gasteiger partial charge on any atom is -0.345 e. The number of amides is 2. The third kappa shape index (κ3) is 2.54. The molecule has 0 radical (unpaired) electrons. The van der Waals surface area contributed by atoms with Gasteiger partial charge in [0.1, 0.15) is 6.54 Å². The van der Waals surface area contributed by atoms with Gasteiger partial charge >= 0.3 is 0 Å². The molecule has 1 aromatic carbocycles. The molecule has 1 aromatic rings. The molecular weight excluding hydrogens is 254 g/mol. The van der Waals surface area contributed by atoms with Crippen molar-refractivity contribution in [3.05, 3.63) is 29.8 Å². The fourth-order valence-electron chi connectivity index (χ4n) is 2.92. The summed E-state index contributed by atoms with van der Waals surface area (Å²) in [5.74, 6) is -0.149. The highest BCUT2D eigenvalue weighted by Crippen LogP contribution is 2.31. The number of benzene rings is 1. The quantitative estimate of drug-likeness (QED) is 0.844. The second-order valence-electron chi connectivity index (χ2n) is 5.32.